The maximum absolute atomic E-state index is 12.0. The molecule has 1 aliphatic rings. The Hall–Kier alpha value is -2.28. The molecule has 20 heavy (non-hydrogen) atoms. The van der Waals surface area contributed by atoms with Crippen molar-refractivity contribution in [2.24, 2.45) is 5.73 Å². The van der Waals surface area contributed by atoms with Crippen molar-refractivity contribution < 1.29 is 19.8 Å². The minimum Gasteiger partial charge on any atom is -0.507 e. The average molecular weight is 279 g/mol. The second-order valence-electron chi connectivity index (χ2n) is 4.82. The lowest BCUT2D eigenvalue weighted by Gasteiger charge is -2.30. The zero-order valence-electron chi connectivity index (χ0n) is 10.9. The lowest BCUT2D eigenvalue weighted by atomic mass is 10.1. The first-order valence-corrected chi connectivity index (χ1v) is 6.35. The number of piperidine rings is 1. The smallest absolute Gasteiger partial charge is 0.339 e. The summed E-state index contributed by atoms with van der Waals surface area (Å²) in [5, 5.41) is 20.9. The molecule has 108 valence electrons. The largest absolute Gasteiger partial charge is 0.507 e. The fourth-order valence-corrected chi connectivity index (χ4v) is 2.18. The van der Waals surface area contributed by atoms with E-state index >= 15 is 0 Å². The standard InChI is InChI=1S/C13H17N3O4/c14-8-2-1-5-16(7-8)13(20)15-9-3-4-11(17)10(6-9)12(18)19/h3-4,6,8,17H,1-2,5,7,14H2,(H,15,20)(H,18,19). The van der Waals surface area contributed by atoms with Crippen LogP contribution in [-0.4, -0.2) is 46.2 Å². The number of likely N-dealkylation sites (tertiary alicyclic amines) is 1. The van der Waals surface area contributed by atoms with Gasteiger partial charge >= 0.3 is 12.0 Å². The Morgan fingerprint density at radius 2 is 2.15 bits per heavy atom. The van der Waals surface area contributed by atoms with Crippen molar-refractivity contribution in [2.45, 2.75) is 18.9 Å². The molecule has 1 atom stereocenters. The Bertz CT molecular complexity index is 532. The number of hydrogen-bond donors (Lipinski definition) is 4. The molecule has 1 aromatic carbocycles. The van der Waals surface area contributed by atoms with Crippen molar-refractivity contribution in [3.8, 4) is 5.75 Å². The van der Waals surface area contributed by atoms with Gasteiger partial charge in [-0.2, -0.15) is 0 Å². The van der Waals surface area contributed by atoms with Gasteiger partial charge in [-0.05, 0) is 31.0 Å². The molecule has 0 radical (unpaired) electrons. The monoisotopic (exact) mass is 279 g/mol. The SMILES string of the molecule is NC1CCCN(C(=O)Nc2ccc(O)c(C(=O)O)c2)C1. The van der Waals surface area contributed by atoms with E-state index < -0.39 is 5.97 Å². The van der Waals surface area contributed by atoms with Crippen LogP contribution in [0.1, 0.15) is 23.2 Å². The van der Waals surface area contributed by atoms with E-state index in [1.54, 1.807) is 4.90 Å². The van der Waals surface area contributed by atoms with Crippen molar-refractivity contribution in [1.82, 2.24) is 4.90 Å². The third-order valence-corrected chi connectivity index (χ3v) is 3.22. The number of benzene rings is 1. The molecule has 1 unspecified atom stereocenters. The van der Waals surface area contributed by atoms with E-state index in [0.717, 1.165) is 12.8 Å². The molecule has 7 heteroatoms. The van der Waals surface area contributed by atoms with E-state index in [2.05, 4.69) is 5.32 Å². The molecule has 0 aromatic heterocycles. The van der Waals surface area contributed by atoms with Gasteiger partial charge in [0.2, 0.25) is 0 Å². The van der Waals surface area contributed by atoms with Gasteiger partial charge in [-0.15, -0.1) is 0 Å². The van der Waals surface area contributed by atoms with Crippen molar-refractivity contribution in [1.29, 1.82) is 0 Å². The number of amides is 2. The highest BCUT2D eigenvalue weighted by molar-refractivity contribution is 5.95. The van der Waals surface area contributed by atoms with Crippen LogP contribution in [0, 0.1) is 0 Å². The maximum atomic E-state index is 12.0. The quantitative estimate of drug-likeness (QED) is 0.604. The first-order valence-electron chi connectivity index (χ1n) is 6.35. The average Bonchev–Trinajstić information content (AvgIpc) is 2.40. The highest BCUT2D eigenvalue weighted by Crippen LogP contribution is 2.22. The molecule has 1 heterocycles. The van der Waals surface area contributed by atoms with Crippen LogP contribution in [0.2, 0.25) is 0 Å². The van der Waals surface area contributed by atoms with Gasteiger partial charge in [0.1, 0.15) is 11.3 Å². The van der Waals surface area contributed by atoms with Crippen molar-refractivity contribution in [2.75, 3.05) is 18.4 Å². The Kier molecular flexibility index (Phi) is 4.09. The molecular formula is C13H17N3O4. The number of carboxylic acid groups (broad SMARTS) is 1. The Balaban J connectivity index is 2.07. The summed E-state index contributed by atoms with van der Waals surface area (Å²) < 4.78 is 0. The predicted molar refractivity (Wildman–Crippen MR) is 72.9 cm³/mol. The first kappa shape index (κ1) is 14.1. The molecule has 0 bridgehead atoms. The number of nitrogens with zero attached hydrogens (tertiary/aromatic N) is 1. The lowest BCUT2D eigenvalue weighted by Crippen LogP contribution is -2.47. The highest BCUT2D eigenvalue weighted by Gasteiger charge is 2.21. The number of nitrogens with one attached hydrogen (secondary N) is 1. The van der Waals surface area contributed by atoms with Crippen LogP contribution in [0.4, 0.5) is 10.5 Å². The third kappa shape index (κ3) is 3.18. The third-order valence-electron chi connectivity index (χ3n) is 3.22. The van der Waals surface area contributed by atoms with Crippen LogP contribution in [0.5, 0.6) is 5.75 Å². The van der Waals surface area contributed by atoms with Crippen LogP contribution in [0.25, 0.3) is 0 Å². The minimum atomic E-state index is -1.25. The molecule has 5 N–H and O–H groups in total. The number of carboxylic acids is 1. The number of urea groups is 1. The molecule has 2 amide bonds. The van der Waals surface area contributed by atoms with Crippen LogP contribution >= 0.6 is 0 Å². The first-order chi connectivity index (χ1) is 9.47. The van der Waals surface area contributed by atoms with Gasteiger partial charge in [-0.25, -0.2) is 9.59 Å². The number of hydrogen-bond acceptors (Lipinski definition) is 4. The number of anilines is 1. The molecule has 7 nitrogen and oxygen atoms in total. The summed E-state index contributed by atoms with van der Waals surface area (Å²) in [6.45, 7) is 1.11. The van der Waals surface area contributed by atoms with E-state index in [-0.39, 0.29) is 23.4 Å². The molecule has 0 aliphatic carbocycles. The highest BCUT2D eigenvalue weighted by atomic mass is 16.4. The van der Waals surface area contributed by atoms with E-state index in [1.165, 1.54) is 18.2 Å². The maximum Gasteiger partial charge on any atom is 0.339 e. The van der Waals surface area contributed by atoms with Gasteiger partial charge in [-0.3, -0.25) is 0 Å². The fourth-order valence-electron chi connectivity index (χ4n) is 2.18. The van der Waals surface area contributed by atoms with Gasteiger partial charge in [0.05, 0.1) is 0 Å². The lowest BCUT2D eigenvalue weighted by molar-refractivity contribution is 0.0693. The van der Waals surface area contributed by atoms with Gasteiger partial charge in [0.15, 0.2) is 0 Å². The molecular weight excluding hydrogens is 262 g/mol. The number of aromatic carboxylic acids is 1. The molecule has 0 spiro atoms. The zero-order valence-corrected chi connectivity index (χ0v) is 10.9. The van der Waals surface area contributed by atoms with E-state index in [9.17, 15) is 14.7 Å². The Labute approximate surface area is 116 Å². The summed E-state index contributed by atoms with van der Waals surface area (Å²) in [5.74, 6) is -1.59. The van der Waals surface area contributed by atoms with E-state index in [1.807, 2.05) is 0 Å². The fraction of sp³-hybridized carbons (Fsp3) is 0.385. The molecule has 0 saturated carbocycles. The molecule has 2 rings (SSSR count). The number of phenols is 1. The van der Waals surface area contributed by atoms with Crippen molar-refractivity contribution in [3.63, 3.8) is 0 Å². The Morgan fingerprint density at radius 3 is 2.80 bits per heavy atom. The van der Waals surface area contributed by atoms with Gasteiger partial charge in [0.25, 0.3) is 0 Å². The Morgan fingerprint density at radius 1 is 1.40 bits per heavy atom. The number of rotatable bonds is 2. The summed E-state index contributed by atoms with van der Waals surface area (Å²) in [7, 11) is 0. The van der Waals surface area contributed by atoms with Crippen molar-refractivity contribution >= 4 is 17.7 Å². The van der Waals surface area contributed by atoms with Gasteiger partial charge < -0.3 is 26.2 Å². The second kappa shape index (κ2) is 5.79. The summed E-state index contributed by atoms with van der Waals surface area (Å²) in [4.78, 5) is 24.5. The summed E-state index contributed by atoms with van der Waals surface area (Å²) in [6, 6.07) is 3.57. The minimum absolute atomic E-state index is 0.0242. The summed E-state index contributed by atoms with van der Waals surface area (Å²) in [5.41, 5.74) is 5.88. The van der Waals surface area contributed by atoms with Gasteiger partial charge in [-0.1, -0.05) is 0 Å². The van der Waals surface area contributed by atoms with E-state index in [4.69, 9.17) is 10.8 Å². The second-order valence-corrected chi connectivity index (χ2v) is 4.82. The van der Waals surface area contributed by atoms with Crippen molar-refractivity contribution in [3.05, 3.63) is 23.8 Å². The molecule has 1 aliphatic heterocycles. The summed E-state index contributed by atoms with van der Waals surface area (Å²) in [6.07, 6.45) is 1.75. The van der Waals surface area contributed by atoms with Crippen LogP contribution < -0.4 is 11.1 Å². The number of carbonyl (C=O) groups is 2. The van der Waals surface area contributed by atoms with Crippen LogP contribution in [0.15, 0.2) is 18.2 Å². The molecule has 1 saturated heterocycles. The predicted octanol–water partition coefficient (Wildman–Crippen LogP) is 1.05. The zero-order chi connectivity index (χ0) is 14.7. The number of aromatic hydroxyl groups is 1. The topological polar surface area (TPSA) is 116 Å². The van der Waals surface area contributed by atoms with Crippen LogP contribution in [-0.2, 0) is 0 Å². The number of carbonyl (C=O) groups excluding carboxylic acids is 1. The van der Waals surface area contributed by atoms with E-state index in [0.29, 0.717) is 18.8 Å². The van der Waals surface area contributed by atoms with Crippen LogP contribution in [0.3, 0.4) is 0 Å². The molecule has 1 fully saturated rings. The van der Waals surface area contributed by atoms with Gasteiger partial charge in [0, 0.05) is 24.8 Å². The number of nitrogens with two attached hydrogens (primary N) is 1. The normalized spacial score (nSPS) is 18.6. The summed E-state index contributed by atoms with van der Waals surface area (Å²) >= 11 is 0. The molecule has 1 aromatic rings.